The summed E-state index contributed by atoms with van der Waals surface area (Å²) < 4.78 is 29.0. The topological polar surface area (TPSA) is 60.4 Å². The Hall–Kier alpha value is -1.62. The standard InChI is InChI=1S/C11H10O4S/c1-15-10-3-2-4-11-9(10)7-8(5-6-12)16(11,13)14/h2-4,6-7H,5H2,1H3. The van der Waals surface area contributed by atoms with Gasteiger partial charge in [0.2, 0.25) is 9.84 Å². The molecule has 0 bridgehead atoms. The fourth-order valence-corrected chi connectivity index (χ4v) is 3.26. The average molecular weight is 238 g/mol. The number of rotatable bonds is 3. The van der Waals surface area contributed by atoms with Crippen molar-refractivity contribution in [3.8, 4) is 5.75 Å². The molecular weight excluding hydrogens is 228 g/mol. The molecule has 1 heterocycles. The highest BCUT2D eigenvalue weighted by atomic mass is 32.2. The Morgan fingerprint density at radius 2 is 2.12 bits per heavy atom. The Morgan fingerprint density at radius 1 is 1.38 bits per heavy atom. The van der Waals surface area contributed by atoms with E-state index in [-0.39, 0.29) is 16.2 Å². The molecule has 0 radical (unpaired) electrons. The molecule has 84 valence electrons. The summed E-state index contributed by atoms with van der Waals surface area (Å²) in [6, 6.07) is 4.82. The van der Waals surface area contributed by atoms with Gasteiger partial charge in [-0.15, -0.1) is 0 Å². The van der Waals surface area contributed by atoms with E-state index in [1.807, 2.05) is 0 Å². The second kappa shape index (κ2) is 3.75. The van der Waals surface area contributed by atoms with Crippen molar-refractivity contribution in [3.63, 3.8) is 0 Å². The molecular formula is C11H10O4S. The Morgan fingerprint density at radius 3 is 2.75 bits per heavy atom. The zero-order valence-electron chi connectivity index (χ0n) is 8.64. The number of benzene rings is 1. The normalized spacial score (nSPS) is 16.4. The number of sulfone groups is 1. The van der Waals surface area contributed by atoms with Gasteiger partial charge >= 0.3 is 0 Å². The van der Waals surface area contributed by atoms with E-state index in [4.69, 9.17) is 4.74 Å². The summed E-state index contributed by atoms with van der Waals surface area (Å²) in [5.74, 6) is 0.502. The molecule has 4 nitrogen and oxygen atoms in total. The van der Waals surface area contributed by atoms with Crippen LogP contribution in [-0.2, 0) is 14.6 Å². The van der Waals surface area contributed by atoms with Gasteiger partial charge in [0, 0.05) is 12.0 Å². The maximum Gasteiger partial charge on any atom is 0.203 e. The van der Waals surface area contributed by atoms with E-state index in [2.05, 4.69) is 0 Å². The minimum atomic E-state index is -3.49. The van der Waals surface area contributed by atoms with Crippen LogP contribution < -0.4 is 4.74 Å². The first-order valence-electron chi connectivity index (χ1n) is 4.67. The third-order valence-corrected chi connectivity index (χ3v) is 4.38. The number of carbonyl (C=O) groups excluding carboxylic acids is 1. The smallest absolute Gasteiger partial charge is 0.203 e. The first-order valence-corrected chi connectivity index (χ1v) is 6.16. The number of allylic oxidation sites excluding steroid dienone is 1. The van der Waals surface area contributed by atoms with E-state index in [0.717, 1.165) is 0 Å². The summed E-state index contributed by atoms with van der Waals surface area (Å²) >= 11 is 0. The molecule has 0 unspecified atom stereocenters. The number of ether oxygens (including phenoxy) is 1. The van der Waals surface area contributed by atoms with Gasteiger partial charge in [0.15, 0.2) is 0 Å². The van der Waals surface area contributed by atoms with Crippen molar-refractivity contribution in [2.45, 2.75) is 11.3 Å². The van der Waals surface area contributed by atoms with E-state index in [1.165, 1.54) is 19.3 Å². The van der Waals surface area contributed by atoms with Crippen LogP contribution in [0.15, 0.2) is 28.0 Å². The van der Waals surface area contributed by atoms with E-state index in [0.29, 0.717) is 17.6 Å². The molecule has 0 spiro atoms. The minimum Gasteiger partial charge on any atom is -0.496 e. The second-order valence-corrected chi connectivity index (χ2v) is 5.33. The van der Waals surface area contributed by atoms with E-state index < -0.39 is 9.84 Å². The fourth-order valence-electron chi connectivity index (χ4n) is 1.71. The largest absolute Gasteiger partial charge is 0.496 e. The molecule has 0 N–H and O–H groups in total. The van der Waals surface area contributed by atoms with Gasteiger partial charge in [0.05, 0.1) is 16.9 Å². The van der Waals surface area contributed by atoms with Crippen LogP contribution in [0.3, 0.4) is 0 Å². The van der Waals surface area contributed by atoms with Crippen molar-refractivity contribution in [1.82, 2.24) is 0 Å². The molecule has 1 aromatic carbocycles. The molecule has 0 saturated carbocycles. The van der Waals surface area contributed by atoms with Gasteiger partial charge in [-0.05, 0) is 18.2 Å². The van der Waals surface area contributed by atoms with Crippen LogP contribution in [0, 0.1) is 0 Å². The van der Waals surface area contributed by atoms with Crippen molar-refractivity contribution in [2.75, 3.05) is 7.11 Å². The SMILES string of the molecule is COc1cccc2c1C=C(CC=O)S2(=O)=O. The summed E-state index contributed by atoms with van der Waals surface area (Å²) in [6.45, 7) is 0. The average Bonchev–Trinajstić information content (AvgIpc) is 2.52. The molecule has 1 aromatic rings. The summed E-state index contributed by atoms with van der Waals surface area (Å²) in [7, 11) is -2.01. The highest BCUT2D eigenvalue weighted by molar-refractivity contribution is 7.95. The minimum absolute atomic E-state index is 0.0971. The molecule has 1 aliphatic rings. The van der Waals surface area contributed by atoms with Crippen LogP contribution in [0.5, 0.6) is 5.75 Å². The van der Waals surface area contributed by atoms with Crippen LogP contribution in [0.4, 0.5) is 0 Å². The van der Waals surface area contributed by atoms with Gasteiger partial charge in [0.25, 0.3) is 0 Å². The van der Waals surface area contributed by atoms with Crippen molar-refractivity contribution in [2.24, 2.45) is 0 Å². The van der Waals surface area contributed by atoms with E-state index >= 15 is 0 Å². The third kappa shape index (κ3) is 1.44. The zero-order chi connectivity index (χ0) is 11.8. The molecule has 2 rings (SSSR count). The highest BCUT2D eigenvalue weighted by Crippen LogP contribution is 2.38. The zero-order valence-corrected chi connectivity index (χ0v) is 9.45. The molecule has 0 aromatic heterocycles. The monoisotopic (exact) mass is 238 g/mol. The quantitative estimate of drug-likeness (QED) is 0.747. The first-order chi connectivity index (χ1) is 7.61. The van der Waals surface area contributed by atoms with Gasteiger partial charge in [0.1, 0.15) is 12.0 Å². The first kappa shape index (κ1) is 10.9. The van der Waals surface area contributed by atoms with Crippen molar-refractivity contribution in [1.29, 1.82) is 0 Å². The number of aldehydes is 1. The maximum atomic E-state index is 12.0. The molecule has 0 amide bonds. The summed E-state index contributed by atoms with van der Waals surface area (Å²) in [6.07, 6.45) is 1.99. The van der Waals surface area contributed by atoms with Gasteiger partial charge < -0.3 is 9.53 Å². The fraction of sp³-hybridized carbons (Fsp3) is 0.182. The number of carbonyl (C=O) groups is 1. The lowest BCUT2D eigenvalue weighted by Crippen LogP contribution is -2.01. The van der Waals surface area contributed by atoms with Crippen LogP contribution in [0.1, 0.15) is 12.0 Å². The van der Waals surface area contributed by atoms with Gasteiger partial charge in [-0.25, -0.2) is 8.42 Å². The Balaban J connectivity index is 2.67. The van der Waals surface area contributed by atoms with Crippen LogP contribution in [-0.4, -0.2) is 21.8 Å². The summed E-state index contributed by atoms with van der Waals surface area (Å²) in [4.78, 5) is 10.8. The maximum absolute atomic E-state index is 12.0. The van der Waals surface area contributed by atoms with Crippen LogP contribution in [0.25, 0.3) is 6.08 Å². The molecule has 1 aliphatic heterocycles. The Kier molecular flexibility index (Phi) is 2.55. The van der Waals surface area contributed by atoms with Gasteiger partial charge in [-0.3, -0.25) is 0 Å². The summed E-state index contributed by atoms with van der Waals surface area (Å²) in [5.41, 5.74) is 0.529. The lowest BCUT2D eigenvalue weighted by atomic mass is 10.2. The lowest BCUT2D eigenvalue weighted by Gasteiger charge is -2.04. The van der Waals surface area contributed by atoms with E-state index in [1.54, 1.807) is 12.1 Å². The third-order valence-electron chi connectivity index (χ3n) is 2.47. The predicted octanol–water partition coefficient (Wildman–Crippen LogP) is 1.41. The summed E-state index contributed by atoms with van der Waals surface area (Å²) in [5, 5.41) is 0. The van der Waals surface area contributed by atoms with Gasteiger partial charge in [-0.2, -0.15) is 0 Å². The number of fused-ring (bicyclic) bond motifs is 1. The molecule has 0 atom stereocenters. The molecule has 0 fully saturated rings. The molecule has 0 saturated heterocycles. The molecule has 5 heteroatoms. The lowest BCUT2D eigenvalue weighted by molar-refractivity contribution is -0.107. The number of hydrogen-bond donors (Lipinski definition) is 0. The van der Waals surface area contributed by atoms with Gasteiger partial charge in [-0.1, -0.05) is 6.07 Å². The second-order valence-electron chi connectivity index (χ2n) is 3.36. The molecule has 0 aliphatic carbocycles. The number of methoxy groups -OCH3 is 1. The van der Waals surface area contributed by atoms with Crippen molar-refractivity contribution >= 4 is 22.2 Å². The predicted molar refractivity (Wildman–Crippen MR) is 58.8 cm³/mol. The van der Waals surface area contributed by atoms with E-state index in [9.17, 15) is 13.2 Å². The van der Waals surface area contributed by atoms with Crippen molar-refractivity contribution < 1.29 is 17.9 Å². The highest BCUT2D eigenvalue weighted by Gasteiger charge is 2.30. The van der Waals surface area contributed by atoms with Crippen LogP contribution >= 0.6 is 0 Å². The Bertz CT molecular complexity index is 570. The molecule has 16 heavy (non-hydrogen) atoms. The van der Waals surface area contributed by atoms with Crippen LogP contribution in [0.2, 0.25) is 0 Å². The van der Waals surface area contributed by atoms with Crippen molar-refractivity contribution in [3.05, 3.63) is 28.7 Å². The number of hydrogen-bond acceptors (Lipinski definition) is 4. The Labute approximate surface area is 93.5 Å².